The van der Waals surface area contributed by atoms with E-state index in [4.69, 9.17) is 5.11 Å². The number of nitrogens with zero attached hydrogens (tertiary/aromatic N) is 1. The molecule has 0 spiro atoms. The minimum absolute atomic E-state index is 0.331. The van der Waals surface area contributed by atoms with Crippen molar-refractivity contribution in [3.05, 3.63) is 0 Å². The summed E-state index contributed by atoms with van der Waals surface area (Å²) in [5.74, 6) is 1.48. The van der Waals surface area contributed by atoms with Gasteiger partial charge >= 0.3 is 0 Å². The Morgan fingerprint density at radius 1 is 0.929 bits per heavy atom. The van der Waals surface area contributed by atoms with Crippen molar-refractivity contribution < 1.29 is 5.11 Å². The third kappa shape index (κ3) is 8.52. The van der Waals surface area contributed by atoms with Crippen LogP contribution in [0.2, 0.25) is 0 Å². The molecule has 0 aliphatic carbocycles. The van der Waals surface area contributed by atoms with E-state index in [1.165, 1.54) is 13.1 Å². The molecular formula is C12H27NO. The van der Waals surface area contributed by atoms with Gasteiger partial charge in [0.25, 0.3) is 0 Å². The Morgan fingerprint density at radius 3 is 1.79 bits per heavy atom. The lowest BCUT2D eigenvalue weighted by atomic mass is 10.1. The van der Waals surface area contributed by atoms with Crippen LogP contribution in [0.5, 0.6) is 0 Å². The zero-order chi connectivity index (χ0) is 11.0. The molecule has 0 aliphatic rings. The summed E-state index contributed by atoms with van der Waals surface area (Å²) in [5, 5.41) is 8.72. The summed E-state index contributed by atoms with van der Waals surface area (Å²) in [5.41, 5.74) is 0. The molecule has 0 unspecified atom stereocenters. The molecule has 2 heteroatoms. The molecule has 0 radical (unpaired) electrons. The van der Waals surface area contributed by atoms with Crippen LogP contribution >= 0.6 is 0 Å². The predicted molar refractivity (Wildman–Crippen MR) is 62.4 cm³/mol. The number of aliphatic hydroxyl groups is 1. The highest BCUT2D eigenvalue weighted by Crippen LogP contribution is 2.05. The molecule has 0 heterocycles. The number of aliphatic hydroxyl groups excluding tert-OH is 1. The van der Waals surface area contributed by atoms with Gasteiger partial charge in [-0.25, -0.2) is 0 Å². The SMILES string of the molecule is CC(C)CN(CCCCO)CC(C)C. The Labute approximate surface area is 89.3 Å². The second kappa shape index (κ2) is 8.25. The molecule has 0 aromatic rings. The highest BCUT2D eigenvalue weighted by Gasteiger charge is 2.08. The topological polar surface area (TPSA) is 23.5 Å². The van der Waals surface area contributed by atoms with Crippen LogP contribution < -0.4 is 0 Å². The van der Waals surface area contributed by atoms with E-state index in [0.717, 1.165) is 31.2 Å². The van der Waals surface area contributed by atoms with Crippen molar-refractivity contribution in [2.24, 2.45) is 11.8 Å². The highest BCUT2D eigenvalue weighted by molar-refractivity contribution is 4.62. The van der Waals surface area contributed by atoms with Crippen LogP contribution in [-0.4, -0.2) is 36.2 Å². The molecule has 0 saturated carbocycles. The number of rotatable bonds is 8. The molecule has 0 aromatic heterocycles. The summed E-state index contributed by atoms with van der Waals surface area (Å²) in [6.07, 6.45) is 2.06. The lowest BCUT2D eigenvalue weighted by Gasteiger charge is -2.25. The average Bonchev–Trinajstić information content (AvgIpc) is 2.02. The van der Waals surface area contributed by atoms with Crippen molar-refractivity contribution in [2.75, 3.05) is 26.2 Å². The van der Waals surface area contributed by atoms with Gasteiger partial charge in [0.2, 0.25) is 0 Å². The van der Waals surface area contributed by atoms with E-state index in [2.05, 4.69) is 32.6 Å². The molecule has 86 valence electrons. The Bertz CT molecular complexity index is 113. The minimum atomic E-state index is 0.331. The molecular weight excluding hydrogens is 174 g/mol. The van der Waals surface area contributed by atoms with Crippen LogP contribution in [-0.2, 0) is 0 Å². The predicted octanol–water partition coefficient (Wildman–Crippen LogP) is 2.37. The molecule has 0 rings (SSSR count). The number of hydrogen-bond acceptors (Lipinski definition) is 2. The summed E-state index contributed by atoms with van der Waals surface area (Å²) < 4.78 is 0. The molecule has 0 amide bonds. The van der Waals surface area contributed by atoms with Crippen LogP contribution in [0.15, 0.2) is 0 Å². The van der Waals surface area contributed by atoms with Crippen molar-refractivity contribution in [1.29, 1.82) is 0 Å². The first-order valence-corrected chi connectivity index (χ1v) is 5.89. The van der Waals surface area contributed by atoms with Crippen molar-refractivity contribution in [1.82, 2.24) is 4.90 Å². The standard InChI is InChI=1S/C12H27NO/c1-11(2)9-13(10-12(3)4)7-5-6-8-14/h11-12,14H,5-10H2,1-4H3. The van der Waals surface area contributed by atoms with Crippen LogP contribution in [0.25, 0.3) is 0 Å². The minimum Gasteiger partial charge on any atom is -0.396 e. The van der Waals surface area contributed by atoms with Gasteiger partial charge in [0.05, 0.1) is 0 Å². The van der Waals surface area contributed by atoms with Gasteiger partial charge in [0, 0.05) is 19.7 Å². The van der Waals surface area contributed by atoms with E-state index in [0.29, 0.717) is 6.61 Å². The highest BCUT2D eigenvalue weighted by atomic mass is 16.2. The smallest absolute Gasteiger partial charge is 0.0431 e. The molecule has 14 heavy (non-hydrogen) atoms. The van der Waals surface area contributed by atoms with E-state index in [1.807, 2.05) is 0 Å². The largest absolute Gasteiger partial charge is 0.396 e. The van der Waals surface area contributed by atoms with Crippen LogP contribution in [0, 0.1) is 11.8 Å². The Balaban J connectivity index is 3.72. The summed E-state index contributed by atoms with van der Waals surface area (Å²) in [7, 11) is 0. The van der Waals surface area contributed by atoms with Gasteiger partial charge in [-0.2, -0.15) is 0 Å². The van der Waals surface area contributed by atoms with E-state index in [1.54, 1.807) is 0 Å². The first-order chi connectivity index (χ1) is 6.56. The molecule has 0 fully saturated rings. The van der Waals surface area contributed by atoms with Gasteiger partial charge in [0.15, 0.2) is 0 Å². The fourth-order valence-corrected chi connectivity index (χ4v) is 1.74. The van der Waals surface area contributed by atoms with Crippen molar-refractivity contribution in [2.45, 2.75) is 40.5 Å². The molecule has 0 aromatic carbocycles. The number of hydrogen-bond donors (Lipinski definition) is 1. The first kappa shape index (κ1) is 13.9. The van der Waals surface area contributed by atoms with E-state index >= 15 is 0 Å². The first-order valence-electron chi connectivity index (χ1n) is 5.89. The Hall–Kier alpha value is -0.0800. The molecule has 0 aliphatic heterocycles. The summed E-state index contributed by atoms with van der Waals surface area (Å²) >= 11 is 0. The van der Waals surface area contributed by atoms with Gasteiger partial charge in [-0.1, -0.05) is 27.7 Å². The maximum Gasteiger partial charge on any atom is 0.0431 e. The molecule has 2 nitrogen and oxygen atoms in total. The van der Waals surface area contributed by atoms with Gasteiger partial charge in [0.1, 0.15) is 0 Å². The fraction of sp³-hybridized carbons (Fsp3) is 1.00. The Morgan fingerprint density at radius 2 is 1.43 bits per heavy atom. The normalized spacial score (nSPS) is 12.0. The zero-order valence-electron chi connectivity index (χ0n) is 10.3. The second-order valence-electron chi connectivity index (χ2n) is 4.98. The number of unbranched alkanes of at least 4 members (excludes halogenated alkanes) is 1. The molecule has 0 atom stereocenters. The van der Waals surface area contributed by atoms with Crippen LogP contribution in [0.4, 0.5) is 0 Å². The monoisotopic (exact) mass is 201 g/mol. The van der Waals surface area contributed by atoms with Crippen LogP contribution in [0.1, 0.15) is 40.5 Å². The van der Waals surface area contributed by atoms with Crippen molar-refractivity contribution in [3.63, 3.8) is 0 Å². The van der Waals surface area contributed by atoms with Gasteiger partial charge in [-0.05, 0) is 31.2 Å². The lowest BCUT2D eigenvalue weighted by Crippen LogP contribution is -2.32. The zero-order valence-corrected chi connectivity index (χ0v) is 10.3. The van der Waals surface area contributed by atoms with E-state index in [9.17, 15) is 0 Å². The quantitative estimate of drug-likeness (QED) is 0.609. The fourth-order valence-electron chi connectivity index (χ4n) is 1.74. The summed E-state index contributed by atoms with van der Waals surface area (Å²) in [4.78, 5) is 2.52. The average molecular weight is 201 g/mol. The van der Waals surface area contributed by atoms with Crippen LogP contribution in [0.3, 0.4) is 0 Å². The van der Waals surface area contributed by atoms with Gasteiger partial charge < -0.3 is 10.0 Å². The third-order valence-electron chi connectivity index (χ3n) is 2.13. The van der Waals surface area contributed by atoms with Gasteiger partial charge in [-0.15, -0.1) is 0 Å². The third-order valence-corrected chi connectivity index (χ3v) is 2.13. The van der Waals surface area contributed by atoms with Crippen molar-refractivity contribution in [3.8, 4) is 0 Å². The molecule has 0 bridgehead atoms. The maximum atomic E-state index is 8.72. The second-order valence-corrected chi connectivity index (χ2v) is 4.98. The van der Waals surface area contributed by atoms with Crippen molar-refractivity contribution >= 4 is 0 Å². The molecule has 0 saturated heterocycles. The van der Waals surface area contributed by atoms with E-state index < -0.39 is 0 Å². The van der Waals surface area contributed by atoms with E-state index in [-0.39, 0.29) is 0 Å². The van der Waals surface area contributed by atoms with Gasteiger partial charge in [-0.3, -0.25) is 0 Å². The molecule has 1 N–H and O–H groups in total. The Kier molecular flexibility index (Phi) is 8.20. The summed E-state index contributed by atoms with van der Waals surface area (Å²) in [6, 6.07) is 0. The summed E-state index contributed by atoms with van der Waals surface area (Å²) in [6.45, 7) is 12.9. The maximum absolute atomic E-state index is 8.72. The lowest BCUT2D eigenvalue weighted by molar-refractivity contribution is 0.205.